The van der Waals surface area contributed by atoms with Crippen molar-refractivity contribution in [2.75, 3.05) is 32.7 Å². The summed E-state index contributed by atoms with van der Waals surface area (Å²) in [6.45, 7) is 2.23. The van der Waals surface area contributed by atoms with Gasteiger partial charge in [-0.1, -0.05) is 13.0 Å². The molecule has 0 bridgehead atoms. The van der Waals surface area contributed by atoms with Gasteiger partial charge >= 0.3 is 0 Å². The SMILES string of the molecule is CCNS(=O)(=O)c1ccc(C(=O)N2CCN(S(=O)(=O)c3cccc([N+](=O)[O-])c3)CC2)cc1. The molecule has 1 heterocycles. The van der Waals surface area contributed by atoms with E-state index in [0.29, 0.717) is 0 Å². The van der Waals surface area contributed by atoms with E-state index in [0.717, 1.165) is 6.07 Å². The van der Waals surface area contributed by atoms with Crippen LogP contribution in [0.3, 0.4) is 0 Å². The molecular formula is C19H22N4O7S2. The Morgan fingerprint density at radius 2 is 1.62 bits per heavy atom. The first kappa shape index (κ1) is 23.8. The van der Waals surface area contributed by atoms with Crippen molar-refractivity contribution >= 4 is 31.6 Å². The third-order valence-electron chi connectivity index (χ3n) is 4.94. The number of piperazine rings is 1. The van der Waals surface area contributed by atoms with Crippen LogP contribution < -0.4 is 4.72 Å². The van der Waals surface area contributed by atoms with E-state index >= 15 is 0 Å². The molecule has 1 saturated heterocycles. The molecule has 1 N–H and O–H groups in total. The molecule has 0 aliphatic carbocycles. The van der Waals surface area contributed by atoms with Gasteiger partial charge in [0.15, 0.2) is 0 Å². The number of hydrogen-bond acceptors (Lipinski definition) is 7. The van der Waals surface area contributed by atoms with Gasteiger partial charge in [0.05, 0.1) is 14.7 Å². The number of benzene rings is 2. The van der Waals surface area contributed by atoms with Gasteiger partial charge in [-0.15, -0.1) is 0 Å². The maximum absolute atomic E-state index is 12.8. The fraction of sp³-hybridized carbons (Fsp3) is 0.316. The zero-order valence-corrected chi connectivity index (χ0v) is 18.8. The third kappa shape index (κ3) is 4.96. The Balaban J connectivity index is 1.68. The maximum Gasteiger partial charge on any atom is 0.270 e. The first-order chi connectivity index (χ1) is 15.1. The summed E-state index contributed by atoms with van der Waals surface area (Å²) in [4.78, 5) is 24.4. The molecule has 1 aliphatic rings. The maximum atomic E-state index is 12.8. The number of sulfonamides is 2. The molecule has 172 valence electrons. The summed E-state index contributed by atoms with van der Waals surface area (Å²) >= 11 is 0. The fourth-order valence-corrected chi connectivity index (χ4v) is 5.77. The third-order valence-corrected chi connectivity index (χ3v) is 8.39. The van der Waals surface area contributed by atoms with E-state index in [1.165, 1.54) is 51.7 Å². The summed E-state index contributed by atoms with van der Waals surface area (Å²) in [5.41, 5.74) is -0.0325. The number of nitrogens with zero attached hydrogens (tertiary/aromatic N) is 3. The number of amides is 1. The number of nitrogens with one attached hydrogen (secondary N) is 1. The molecular weight excluding hydrogens is 460 g/mol. The molecule has 1 aliphatic heterocycles. The molecule has 32 heavy (non-hydrogen) atoms. The van der Waals surface area contributed by atoms with Crippen LogP contribution >= 0.6 is 0 Å². The van der Waals surface area contributed by atoms with Crippen LogP contribution in [0.25, 0.3) is 0 Å². The quantitative estimate of drug-likeness (QED) is 0.458. The Morgan fingerprint density at radius 1 is 1.00 bits per heavy atom. The van der Waals surface area contributed by atoms with Crippen molar-refractivity contribution in [3.63, 3.8) is 0 Å². The molecule has 0 spiro atoms. The Bertz CT molecular complexity index is 1220. The Hall–Kier alpha value is -2.87. The standard InChI is InChI=1S/C19H22N4O7S2/c1-2-20-31(27,28)17-8-6-15(7-9-17)19(24)21-10-12-22(13-11-21)32(29,30)18-5-3-4-16(14-18)23(25)26/h3-9,14,20H,2,10-13H2,1H3. The highest BCUT2D eigenvalue weighted by atomic mass is 32.2. The van der Waals surface area contributed by atoms with E-state index in [1.807, 2.05) is 0 Å². The summed E-state index contributed by atoms with van der Waals surface area (Å²) < 4.78 is 53.2. The van der Waals surface area contributed by atoms with Gasteiger partial charge in [-0.2, -0.15) is 4.31 Å². The molecule has 0 radical (unpaired) electrons. The summed E-state index contributed by atoms with van der Waals surface area (Å²) in [7, 11) is -7.57. The van der Waals surface area contributed by atoms with Gasteiger partial charge in [-0.3, -0.25) is 14.9 Å². The lowest BCUT2D eigenvalue weighted by atomic mass is 10.2. The minimum Gasteiger partial charge on any atom is -0.336 e. The van der Waals surface area contributed by atoms with Crippen molar-refractivity contribution in [2.24, 2.45) is 0 Å². The average molecular weight is 483 g/mol. The van der Waals surface area contributed by atoms with Gasteiger partial charge in [-0.25, -0.2) is 21.6 Å². The van der Waals surface area contributed by atoms with Crippen molar-refractivity contribution < 1.29 is 26.6 Å². The number of nitro groups is 1. The summed E-state index contributed by atoms with van der Waals surface area (Å²) in [5.74, 6) is -0.343. The molecule has 1 fully saturated rings. The Kier molecular flexibility index (Phi) is 6.93. The first-order valence-electron chi connectivity index (χ1n) is 9.70. The lowest BCUT2D eigenvalue weighted by molar-refractivity contribution is -0.385. The van der Waals surface area contributed by atoms with Gasteiger partial charge < -0.3 is 4.90 Å². The van der Waals surface area contributed by atoms with Crippen LogP contribution in [-0.2, 0) is 20.0 Å². The second-order valence-corrected chi connectivity index (χ2v) is 10.7. The van der Waals surface area contributed by atoms with Crippen LogP contribution in [0.2, 0.25) is 0 Å². The molecule has 2 aromatic carbocycles. The molecule has 0 unspecified atom stereocenters. The van der Waals surface area contributed by atoms with E-state index in [4.69, 9.17) is 0 Å². The molecule has 13 heteroatoms. The predicted molar refractivity (Wildman–Crippen MR) is 115 cm³/mol. The van der Waals surface area contributed by atoms with E-state index in [2.05, 4.69) is 4.72 Å². The van der Waals surface area contributed by atoms with E-state index in [9.17, 15) is 31.7 Å². The van der Waals surface area contributed by atoms with Crippen LogP contribution in [0, 0.1) is 10.1 Å². The van der Waals surface area contributed by atoms with Gasteiger partial charge in [0.1, 0.15) is 0 Å². The predicted octanol–water partition coefficient (Wildman–Crippen LogP) is 1.04. The number of rotatable bonds is 7. The smallest absolute Gasteiger partial charge is 0.270 e. The first-order valence-corrected chi connectivity index (χ1v) is 12.6. The van der Waals surface area contributed by atoms with E-state index in [-0.39, 0.29) is 59.7 Å². The monoisotopic (exact) mass is 482 g/mol. The average Bonchev–Trinajstić information content (AvgIpc) is 2.79. The minimum atomic E-state index is -3.94. The summed E-state index contributed by atoms with van der Waals surface area (Å²) in [6.07, 6.45) is 0. The van der Waals surface area contributed by atoms with Crippen molar-refractivity contribution in [3.8, 4) is 0 Å². The molecule has 3 rings (SSSR count). The van der Waals surface area contributed by atoms with Crippen molar-refractivity contribution in [1.82, 2.24) is 13.9 Å². The van der Waals surface area contributed by atoms with Gasteiger partial charge in [-0.05, 0) is 30.3 Å². The normalized spacial score (nSPS) is 15.5. The Morgan fingerprint density at radius 3 is 2.19 bits per heavy atom. The molecule has 0 atom stereocenters. The summed E-state index contributed by atoms with van der Waals surface area (Å²) in [5, 5.41) is 10.9. The van der Waals surface area contributed by atoms with Crippen LogP contribution in [0.5, 0.6) is 0 Å². The number of carbonyl (C=O) groups is 1. The van der Waals surface area contributed by atoms with Crippen LogP contribution in [0.4, 0.5) is 5.69 Å². The molecule has 0 saturated carbocycles. The molecule has 1 amide bonds. The fourth-order valence-electron chi connectivity index (χ4n) is 3.27. The van der Waals surface area contributed by atoms with Crippen molar-refractivity contribution in [2.45, 2.75) is 16.7 Å². The minimum absolute atomic E-state index is 0.0314. The highest BCUT2D eigenvalue weighted by Gasteiger charge is 2.31. The van der Waals surface area contributed by atoms with E-state index in [1.54, 1.807) is 6.92 Å². The van der Waals surface area contributed by atoms with E-state index < -0.39 is 25.0 Å². The van der Waals surface area contributed by atoms with Crippen LogP contribution in [0.15, 0.2) is 58.3 Å². The number of hydrogen-bond donors (Lipinski definition) is 1. The zero-order chi connectivity index (χ0) is 23.5. The van der Waals surface area contributed by atoms with Gasteiger partial charge in [0.2, 0.25) is 20.0 Å². The number of nitro benzene ring substituents is 1. The zero-order valence-electron chi connectivity index (χ0n) is 17.2. The lowest BCUT2D eigenvalue weighted by Gasteiger charge is -2.34. The van der Waals surface area contributed by atoms with Gasteiger partial charge in [0, 0.05) is 50.4 Å². The van der Waals surface area contributed by atoms with Gasteiger partial charge in [0.25, 0.3) is 11.6 Å². The molecule has 11 nitrogen and oxygen atoms in total. The highest BCUT2D eigenvalue weighted by Crippen LogP contribution is 2.22. The number of non-ortho nitro benzene ring substituents is 1. The number of carbonyl (C=O) groups excluding carboxylic acids is 1. The van der Waals surface area contributed by atoms with Crippen molar-refractivity contribution in [1.29, 1.82) is 0 Å². The second-order valence-electron chi connectivity index (χ2n) is 6.98. The lowest BCUT2D eigenvalue weighted by Crippen LogP contribution is -2.50. The molecule has 0 aromatic heterocycles. The van der Waals surface area contributed by atoms with Crippen molar-refractivity contribution in [3.05, 3.63) is 64.2 Å². The second kappa shape index (κ2) is 9.32. The largest absolute Gasteiger partial charge is 0.336 e. The topological polar surface area (TPSA) is 147 Å². The Labute approximate surface area is 185 Å². The molecule has 2 aromatic rings. The highest BCUT2D eigenvalue weighted by molar-refractivity contribution is 7.89. The summed E-state index contributed by atoms with van der Waals surface area (Å²) in [6, 6.07) is 10.3. The van der Waals surface area contributed by atoms with Crippen LogP contribution in [-0.4, -0.2) is 69.6 Å². The van der Waals surface area contributed by atoms with Crippen LogP contribution in [0.1, 0.15) is 17.3 Å².